The normalized spacial score (nSPS) is 10.1. The number of thiazole rings is 1. The molecule has 0 aromatic carbocycles. The minimum absolute atomic E-state index is 0.0232. The van der Waals surface area contributed by atoms with Crippen molar-refractivity contribution in [2.24, 2.45) is 0 Å². The van der Waals surface area contributed by atoms with Gasteiger partial charge >= 0.3 is 0 Å². The Labute approximate surface area is 116 Å². The maximum Gasteiger partial charge on any atom is 0.268 e. The van der Waals surface area contributed by atoms with Crippen LogP contribution >= 0.6 is 11.3 Å². The van der Waals surface area contributed by atoms with Gasteiger partial charge in [-0.25, -0.2) is 4.98 Å². The summed E-state index contributed by atoms with van der Waals surface area (Å²) in [7, 11) is 1.71. The zero-order chi connectivity index (χ0) is 14.4. The average molecular weight is 285 g/mol. The third kappa shape index (κ3) is 3.82. The van der Waals surface area contributed by atoms with Crippen molar-refractivity contribution in [2.45, 2.75) is 13.8 Å². The van der Waals surface area contributed by atoms with Gasteiger partial charge in [0.25, 0.3) is 5.91 Å². The van der Waals surface area contributed by atoms with Crippen LogP contribution in [-0.4, -0.2) is 48.4 Å². The van der Waals surface area contributed by atoms with Crippen molar-refractivity contribution in [1.82, 2.24) is 15.2 Å². The number of hydrogen-bond donors (Lipinski definition) is 3. The third-order valence-corrected chi connectivity index (χ3v) is 3.52. The molecule has 0 radical (unpaired) electrons. The largest absolute Gasteiger partial charge is 0.382 e. The minimum atomic E-state index is -0.273. The van der Waals surface area contributed by atoms with Gasteiger partial charge in [0.15, 0.2) is 5.13 Å². The van der Waals surface area contributed by atoms with Crippen LogP contribution < -0.4 is 16.4 Å². The van der Waals surface area contributed by atoms with E-state index in [0.717, 1.165) is 0 Å². The maximum absolute atomic E-state index is 12.3. The number of carbonyl (C=O) groups is 2. The fourth-order valence-corrected chi connectivity index (χ4v) is 2.30. The Morgan fingerprint density at radius 3 is 2.58 bits per heavy atom. The van der Waals surface area contributed by atoms with Crippen molar-refractivity contribution in [1.29, 1.82) is 0 Å². The molecule has 8 heteroatoms. The predicted molar refractivity (Wildman–Crippen MR) is 76.3 cm³/mol. The van der Waals surface area contributed by atoms with Crippen molar-refractivity contribution in [3.05, 3.63) is 4.88 Å². The van der Waals surface area contributed by atoms with Crippen molar-refractivity contribution in [3.8, 4) is 0 Å². The fraction of sp³-hybridized carbons (Fsp3) is 0.545. The molecule has 0 bridgehead atoms. The third-order valence-electron chi connectivity index (χ3n) is 2.44. The average Bonchev–Trinajstić information content (AvgIpc) is 2.77. The zero-order valence-corrected chi connectivity index (χ0v) is 12.1. The van der Waals surface area contributed by atoms with E-state index in [4.69, 9.17) is 5.73 Å². The van der Waals surface area contributed by atoms with Crippen LogP contribution in [0.2, 0.25) is 0 Å². The van der Waals surface area contributed by atoms with Crippen LogP contribution in [0.4, 0.5) is 10.9 Å². The first kappa shape index (κ1) is 15.2. The van der Waals surface area contributed by atoms with Crippen LogP contribution in [0.1, 0.15) is 23.5 Å². The molecular weight excluding hydrogens is 266 g/mol. The van der Waals surface area contributed by atoms with Crippen molar-refractivity contribution >= 4 is 34.1 Å². The number of nitrogens with zero attached hydrogens (tertiary/aromatic N) is 2. The summed E-state index contributed by atoms with van der Waals surface area (Å²) >= 11 is 1.18. The number of rotatable bonds is 6. The lowest BCUT2D eigenvalue weighted by atomic mass is 10.3. The molecule has 1 heterocycles. The monoisotopic (exact) mass is 285 g/mol. The molecule has 0 saturated carbocycles. The van der Waals surface area contributed by atoms with E-state index in [1.54, 1.807) is 7.05 Å². The zero-order valence-electron chi connectivity index (χ0n) is 11.3. The summed E-state index contributed by atoms with van der Waals surface area (Å²) in [6.07, 6.45) is 0. The molecule has 0 fully saturated rings. The molecule has 1 aromatic rings. The van der Waals surface area contributed by atoms with E-state index in [2.05, 4.69) is 15.6 Å². The Morgan fingerprint density at radius 2 is 2.11 bits per heavy atom. The molecular formula is C11H19N5O2S. The SMILES string of the molecule is CCNC(=O)CN(CC)C(=O)c1sc(NC)nc1N. The summed E-state index contributed by atoms with van der Waals surface area (Å²) in [5, 5.41) is 6.08. The second-order valence-corrected chi connectivity index (χ2v) is 4.76. The summed E-state index contributed by atoms with van der Waals surface area (Å²) in [4.78, 5) is 29.6. The van der Waals surface area contributed by atoms with E-state index >= 15 is 0 Å². The molecule has 0 aliphatic rings. The lowest BCUT2D eigenvalue weighted by Gasteiger charge is -2.19. The standard InChI is InChI=1S/C11H19N5O2S/c1-4-14-7(17)6-16(5-2)10(18)8-9(12)15-11(13-3)19-8/h4-6,12H2,1-3H3,(H,13,15)(H,14,17). The van der Waals surface area contributed by atoms with Gasteiger partial charge < -0.3 is 21.3 Å². The van der Waals surface area contributed by atoms with E-state index in [9.17, 15) is 9.59 Å². The van der Waals surface area contributed by atoms with Crippen LogP contribution in [0, 0.1) is 0 Å². The number of nitrogens with one attached hydrogen (secondary N) is 2. The first-order chi connectivity index (χ1) is 9.03. The Hall–Kier alpha value is -1.83. The number of likely N-dealkylation sites (N-methyl/N-ethyl adjacent to an activating group) is 2. The number of amides is 2. The van der Waals surface area contributed by atoms with Gasteiger partial charge in [0.2, 0.25) is 5.91 Å². The molecule has 0 spiro atoms. The molecule has 0 atom stereocenters. The topological polar surface area (TPSA) is 100 Å². The minimum Gasteiger partial charge on any atom is -0.382 e. The van der Waals surface area contributed by atoms with E-state index in [1.807, 2.05) is 13.8 Å². The molecule has 1 rings (SSSR count). The molecule has 0 aliphatic carbocycles. The first-order valence-corrected chi connectivity index (χ1v) is 6.85. The molecule has 1 aromatic heterocycles. The number of hydrogen-bond acceptors (Lipinski definition) is 6. The summed E-state index contributed by atoms with van der Waals surface area (Å²) in [5.41, 5.74) is 5.71. The molecule has 2 amide bonds. The maximum atomic E-state index is 12.3. The Morgan fingerprint density at radius 1 is 1.42 bits per heavy atom. The second kappa shape index (κ2) is 6.93. The second-order valence-electron chi connectivity index (χ2n) is 3.76. The van der Waals surface area contributed by atoms with E-state index in [1.165, 1.54) is 16.2 Å². The number of anilines is 2. The highest BCUT2D eigenvalue weighted by molar-refractivity contribution is 7.18. The molecule has 0 saturated heterocycles. The number of nitrogen functional groups attached to an aromatic ring is 1. The smallest absolute Gasteiger partial charge is 0.268 e. The van der Waals surface area contributed by atoms with Crippen LogP contribution in [0.3, 0.4) is 0 Å². The van der Waals surface area contributed by atoms with Gasteiger partial charge in [-0.2, -0.15) is 0 Å². The van der Waals surface area contributed by atoms with E-state index in [-0.39, 0.29) is 24.2 Å². The van der Waals surface area contributed by atoms with Crippen LogP contribution in [0.5, 0.6) is 0 Å². The van der Waals surface area contributed by atoms with Gasteiger partial charge in [0.1, 0.15) is 10.7 Å². The Kier molecular flexibility index (Phi) is 5.56. The molecule has 19 heavy (non-hydrogen) atoms. The Bertz CT molecular complexity index is 460. The molecule has 106 valence electrons. The van der Waals surface area contributed by atoms with Crippen molar-refractivity contribution < 1.29 is 9.59 Å². The number of nitrogens with two attached hydrogens (primary N) is 1. The molecule has 0 aliphatic heterocycles. The number of carbonyl (C=O) groups excluding carboxylic acids is 2. The Balaban J connectivity index is 2.82. The van der Waals surface area contributed by atoms with Crippen molar-refractivity contribution in [3.63, 3.8) is 0 Å². The van der Waals surface area contributed by atoms with E-state index < -0.39 is 0 Å². The summed E-state index contributed by atoms with van der Waals surface area (Å²) < 4.78 is 0. The van der Waals surface area contributed by atoms with Gasteiger partial charge in [-0.15, -0.1) is 0 Å². The molecule has 7 nitrogen and oxygen atoms in total. The lowest BCUT2D eigenvalue weighted by molar-refractivity contribution is -0.121. The van der Waals surface area contributed by atoms with Crippen LogP contribution in [0.15, 0.2) is 0 Å². The van der Waals surface area contributed by atoms with Gasteiger partial charge in [-0.1, -0.05) is 11.3 Å². The summed E-state index contributed by atoms with van der Waals surface area (Å²) in [5.74, 6) is -0.270. The lowest BCUT2D eigenvalue weighted by Crippen LogP contribution is -2.40. The summed E-state index contributed by atoms with van der Waals surface area (Å²) in [6.45, 7) is 4.64. The highest BCUT2D eigenvalue weighted by Crippen LogP contribution is 2.25. The van der Waals surface area contributed by atoms with Crippen molar-refractivity contribution in [2.75, 3.05) is 37.7 Å². The van der Waals surface area contributed by atoms with Gasteiger partial charge in [0, 0.05) is 20.1 Å². The molecule has 4 N–H and O–H groups in total. The van der Waals surface area contributed by atoms with Crippen LogP contribution in [-0.2, 0) is 4.79 Å². The highest BCUT2D eigenvalue weighted by Gasteiger charge is 2.22. The highest BCUT2D eigenvalue weighted by atomic mass is 32.1. The predicted octanol–water partition coefficient (Wildman–Crippen LogP) is 0.365. The molecule has 0 unspecified atom stereocenters. The van der Waals surface area contributed by atoms with Gasteiger partial charge in [0.05, 0.1) is 6.54 Å². The first-order valence-electron chi connectivity index (χ1n) is 6.03. The van der Waals surface area contributed by atoms with Gasteiger partial charge in [-0.3, -0.25) is 9.59 Å². The summed E-state index contributed by atoms with van der Waals surface area (Å²) in [6, 6.07) is 0. The fourth-order valence-electron chi connectivity index (χ4n) is 1.49. The number of aromatic nitrogens is 1. The van der Waals surface area contributed by atoms with E-state index in [0.29, 0.717) is 23.1 Å². The van der Waals surface area contributed by atoms with Crippen LogP contribution in [0.25, 0.3) is 0 Å². The van der Waals surface area contributed by atoms with Gasteiger partial charge in [-0.05, 0) is 13.8 Å². The quantitative estimate of drug-likeness (QED) is 0.701.